The van der Waals surface area contributed by atoms with Crippen LogP contribution in [0.1, 0.15) is 5.56 Å². The summed E-state index contributed by atoms with van der Waals surface area (Å²) in [6, 6.07) is 23.8. The summed E-state index contributed by atoms with van der Waals surface area (Å²) in [7, 11) is 0. The molecule has 0 spiro atoms. The van der Waals surface area contributed by atoms with E-state index in [2.05, 4.69) is 31.8 Å². The minimum atomic E-state index is 0.811. The number of hydrogen-bond acceptors (Lipinski definition) is 4. The van der Waals surface area contributed by atoms with Gasteiger partial charge in [-0.3, -0.25) is 5.43 Å². The van der Waals surface area contributed by atoms with Gasteiger partial charge in [0.25, 0.3) is 0 Å². The van der Waals surface area contributed by atoms with Crippen LogP contribution in [-0.4, -0.2) is 26.2 Å². The van der Waals surface area contributed by atoms with Crippen molar-refractivity contribution in [3.63, 3.8) is 0 Å². The van der Waals surface area contributed by atoms with Crippen molar-refractivity contribution in [2.75, 3.05) is 5.43 Å². The van der Waals surface area contributed by atoms with Crippen molar-refractivity contribution in [3.8, 4) is 5.69 Å². The van der Waals surface area contributed by atoms with Gasteiger partial charge in [0, 0.05) is 22.7 Å². The highest BCUT2D eigenvalue weighted by Gasteiger charge is 2.05. The van der Waals surface area contributed by atoms with E-state index < -0.39 is 0 Å². The molecule has 0 bridgehead atoms. The fourth-order valence-electron chi connectivity index (χ4n) is 3.04. The van der Waals surface area contributed by atoms with Gasteiger partial charge in [0.05, 0.1) is 17.6 Å². The summed E-state index contributed by atoms with van der Waals surface area (Å²) < 4.78 is 0. The van der Waals surface area contributed by atoms with Crippen LogP contribution in [0.3, 0.4) is 0 Å². The lowest BCUT2D eigenvalue weighted by molar-refractivity contribution is 0.766. The van der Waals surface area contributed by atoms with Crippen LogP contribution in [0.25, 0.3) is 27.6 Å². The Hall–Kier alpha value is -3.93. The van der Waals surface area contributed by atoms with Crippen molar-refractivity contribution in [3.05, 3.63) is 84.6 Å². The summed E-state index contributed by atoms with van der Waals surface area (Å²) >= 11 is 0. The molecule has 3 aromatic carbocycles. The van der Waals surface area contributed by atoms with Crippen molar-refractivity contribution >= 4 is 33.8 Å². The van der Waals surface area contributed by atoms with E-state index in [1.807, 2.05) is 79.1 Å². The van der Waals surface area contributed by atoms with E-state index in [0.717, 1.165) is 38.9 Å². The molecule has 0 saturated carbocycles. The molecule has 0 amide bonds. The Bertz CT molecular complexity index is 1250. The summed E-state index contributed by atoms with van der Waals surface area (Å²) in [5.41, 5.74) is 8.64. The molecule has 2 heterocycles. The summed E-state index contributed by atoms with van der Waals surface area (Å²) in [6.07, 6.45) is 3.76. The second-order valence-electron chi connectivity index (χ2n) is 6.19. The summed E-state index contributed by atoms with van der Waals surface area (Å²) in [4.78, 5) is 4.88. The van der Waals surface area contributed by atoms with Gasteiger partial charge < -0.3 is 4.98 Å². The van der Waals surface area contributed by atoms with Crippen LogP contribution < -0.4 is 5.43 Å². The number of nitrogens with one attached hydrogen (secondary N) is 2. The molecule has 0 aliphatic heterocycles. The zero-order valence-electron chi connectivity index (χ0n) is 14.4. The van der Waals surface area contributed by atoms with Crippen LogP contribution in [0.2, 0.25) is 0 Å². The largest absolute Gasteiger partial charge is 0.361 e. The molecule has 0 fully saturated rings. The molecule has 0 radical (unpaired) electrons. The van der Waals surface area contributed by atoms with E-state index in [4.69, 9.17) is 0 Å². The SMILES string of the molecule is C(=NNc1ccc2nn(-c3ccccc3)nc2c1)c1c[nH]c2ccccc12. The maximum absolute atomic E-state index is 4.55. The Balaban J connectivity index is 1.39. The average molecular weight is 352 g/mol. The number of nitrogens with zero attached hydrogens (tertiary/aromatic N) is 4. The molecule has 2 aromatic heterocycles. The Morgan fingerprint density at radius 1 is 0.889 bits per heavy atom. The fourth-order valence-corrected chi connectivity index (χ4v) is 3.04. The summed E-state index contributed by atoms with van der Waals surface area (Å²) in [6.45, 7) is 0. The van der Waals surface area contributed by atoms with E-state index in [9.17, 15) is 0 Å². The zero-order chi connectivity index (χ0) is 18.1. The topological polar surface area (TPSA) is 70.9 Å². The second kappa shape index (κ2) is 6.42. The predicted octanol–water partition coefficient (Wildman–Crippen LogP) is 4.35. The molecule has 5 rings (SSSR count). The monoisotopic (exact) mass is 352 g/mol. The number of fused-ring (bicyclic) bond motifs is 2. The van der Waals surface area contributed by atoms with E-state index >= 15 is 0 Å². The van der Waals surface area contributed by atoms with Crippen molar-refractivity contribution in [1.29, 1.82) is 0 Å². The molecule has 6 nitrogen and oxygen atoms in total. The highest BCUT2D eigenvalue weighted by atomic mass is 15.5. The molecule has 0 aliphatic carbocycles. The number of anilines is 1. The van der Waals surface area contributed by atoms with E-state index in [1.54, 1.807) is 4.80 Å². The number of benzene rings is 3. The Kier molecular flexibility index (Phi) is 3.65. The lowest BCUT2D eigenvalue weighted by Gasteiger charge is -1.98. The lowest BCUT2D eigenvalue weighted by Crippen LogP contribution is -1.97. The molecule has 0 atom stereocenters. The van der Waals surface area contributed by atoms with Crippen LogP contribution in [-0.2, 0) is 0 Å². The smallest absolute Gasteiger partial charge is 0.115 e. The van der Waals surface area contributed by atoms with E-state index in [-0.39, 0.29) is 0 Å². The number of hydrazone groups is 1. The van der Waals surface area contributed by atoms with Crippen LogP contribution in [0.5, 0.6) is 0 Å². The van der Waals surface area contributed by atoms with Gasteiger partial charge in [-0.05, 0) is 36.4 Å². The number of H-pyrrole nitrogens is 1. The normalized spacial score (nSPS) is 11.6. The molecule has 0 saturated heterocycles. The lowest BCUT2D eigenvalue weighted by atomic mass is 10.2. The van der Waals surface area contributed by atoms with Gasteiger partial charge in [0.1, 0.15) is 11.0 Å². The number of aromatic nitrogens is 4. The summed E-state index contributed by atoms with van der Waals surface area (Å²) in [5.74, 6) is 0. The average Bonchev–Trinajstić information content (AvgIpc) is 3.33. The van der Waals surface area contributed by atoms with E-state index in [0.29, 0.717) is 0 Å². The fraction of sp³-hybridized carbons (Fsp3) is 0. The predicted molar refractivity (Wildman–Crippen MR) is 108 cm³/mol. The van der Waals surface area contributed by atoms with Gasteiger partial charge >= 0.3 is 0 Å². The third-order valence-corrected chi connectivity index (χ3v) is 4.39. The minimum Gasteiger partial charge on any atom is -0.361 e. The first kappa shape index (κ1) is 15.3. The zero-order valence-corrected chi connectivity index (χ0v) is 14.4. The third-order valence-electron chi connectivity index (χ3n) is 4.39. The second-order valence-corrected chi connectivity index (χ2v) is 6.19. The van der Waals surface area contributed by atoms with Crippen LogP contribution in [0.4, 0.5) is 5.69 Å². The quantitative estimate of drug-likeness (QED) is 0.373. The number of para-hydroxylation sites is 2. The van der Waals surface area contributed by atoms with Gasteiger partial charge in [0.2, 0.25) is 0 Å². The van der Waals surface area contributed by atoms with Gasteiger partial charge in [-0.1, -0.05) is 36.4 Å². The number of aromatic amines is 1. The van der Waals surface area contributed by atoms with Crippen molar-refractivity contribution in [2.24, 2.45) is 5.10 Å². The molecule has 0 unspecified atom stereocenters. The minimum absolute atomic E-state index is 0.811. The van der Waals surface area contributed by atoms with E-state index in [1.165, 1.54) is 0 Å². The Morgan fingerprint density at radius 3 is 2.63 bits per heavy atom. The molecular formula is C21H16N6. The molecule has 5 aromatic rings. The van der Waals surface area contributed by atoms with Crippen LogP contribution in [0.15, 0.2) is 84.1 Å². The number of hydrogen-bond donors (Lipinski definition) is 2. The van der Waals surface area contributed by atoms with Crippen LogP contribution in [0, 0.1) is 0 Å². The van der Waals surface area contributed by atoms with Gasteiger partial charge in [0.15, 0.2) is 0 Å². The first-order chi connectivity index (χ1) is 13.4. The standard InChI is InChI=1S/C21H16N6/c1-2-6-17(7-3-1)27-25-20-11-10-16(12-21(20)26-27)24-23-14-15-13-22-19-9-5-4-8-18(15)19/h1-14,22,24H. The van der Waals surface area contributed by atoms with Crippen LogP contribution >= 0.6 is 0 Å². The molecular weight excluding hydrogens is 336 g/mol. The van der Waals surface area contributed by atoms with Gasteiger partial charge in [-0.2, -0.15) is 9.90 Å². The van der Waals surface area contributed by atoms with Gasteiger partial charge in [-0.15, -0.1) is 10.2 Å². The maximum Gasteiger partial charge on any atom is 0.115 e. The molecule has 2 N–H and O–H groups in total. The number of rotatable bonds is 4. The summed E-state index contributed by atoms with van der Waals surface area (Å²) in [5, 5.41) is 14.6. The molecule has 130 valence electrons. The first-order valence-corrected chi connectivity index (χ1v) is 8.64. The van der Waals surface area contributed by atoms with Crippen molar-refractivity contribution in [1.82, 2.24) is 20.0 Å². The third kappa shape index (κ3) is 2.93. The van der Waals surface area contributed by atoms with Gasteiger partial charge in [-0.25, -0.2) is 0 Å². The molecule has 27 heavy (non-hydrogen) atoms. The Morgan fingerprint density at radius 2 is 1.70 bits per heavy atom. The molecule has 6 heteroatoms. The highest BCUT2D eigenvalue weighted by molar-refractivity contribution is 5.99. The van der Waals surface area contributed by atoms with Crippen molar-refractivity contribution < 1.29 is 0 Å². The maximum atomic E-state index is 4.55. The first-order valence-electron chi connectivity index (χ1n) is 8.64. The van der Waals surface area contributed by atoms with Crippen molar-refractivity contribution in [2.45, 2.75) is 0 Å². The Labute approximate surface area is 155 Å². The highest BCUT2D eigenvalue weighted by Crippen LogP contribution is 2.18. The molecule has 0 aliphatic rings.